The van der Waals surface area contributed by atoms with Gasteiger partial charge in [-0.25, -0.2) is 4.98 Å². The summed E-state index contributed by atoms with van der Waals surface area (Å²) in [6.45, 7) is 0. The zero-order valence-corrected chi connectivity index (χ0v) is 10.0. The maximum atomic E-state index is 10.5. The molecule has 1 aromatic rings. The predicted octanol–water partition coefficient (Wildman–Crippen LogP) is 3.13. The number of aryl methyl sites for hydroxylation is 1. The molecule has 4 nitrogen and oxygen atoms in total. The minimum Gasteiger partial charge on any atom is -0.481 e. The molecule has 1 heterocycles. The smallest absolute Gasteiger partial charge is 0.303 e. The van der Waals surface area contributed by atoms with Gasteiger partial charge in [-0.05, 0) is 12.8 Å². The van der Waals surface area contributed by atoms with Gasteiger partial charge in [-0.3, -0.25) is 4.79 Å². The van der Waals surface area contributed by atoms with Crippen molar-refractivity contribution < 1.29 is 14.3 Å². The van der Waals surface area contributed by atoms with Gasteiger partial charge in [0.25, 0.3) is 0 Å². The lowest BCUT2D eigenvalue weighted by molar-refractivity contribution is -0.137. The van der Waals surface area contributed by atoms with Gasteiger partial charge in [0, 0.05) is 12.3 Å². The Balaban J connectivity index is 1.94. The van der Waals surface area contributed by atoms with Gasteiger partial charge < -0.3 is 9.52 Å². The third-order valence-electron chi connectivity index (χ3n) is 3.38. The molecule has 1 aromatic heterocycles. The van der Waals surface area contributed by atoms with Gasteiger partial charge >= 0.3 is 5.97 Å². The van der Waals surface area contributed by atoms with E-state index in [-0.39, 0.29) is 6.42 Å². The van der Waals surface area contributed by atoms with E-state index in [4.69, 9.17) is 9.52 Å². The number of nitrogens with zero attached hydrogens (tertiary/aromatic N) is 1. The first-order valence-corrected chi connectivity index (χ1v) is 6.42. The fraction of sp³-hybridized carbons (Fsp3) is 0.692. The minimum atomic E-state index is -0.806. The van der Waals surface area contributed by atoms with Gasteiger partial charge in [0.15, 0.2) is 5.89 Å². The van der Waals surface area contributed by atoms with E-state index in [1.807, 2.05) is 0 Å². The first-order valence-electron chi connectivity index (χ1n) is 6.42. The van der Waals surface area contributed by atoms with Gasteiger partial charge in [0.1, 0.15) is 5.76 Å². The normalized spacial score (nSPS) is 17.9. The summed E-state index contributed by atoms with van der Waals surface area (Å²) in [5.41, 5.74) is 0. The van der Waals surface area contributed by atoms with Crippen LogP contribution < -0.4 is 0 Å². The van der Waals surface area contributed by atoms with Crippen molar-refractivity contribution in [2.24, 2.45) is 0 Å². The van der Waals surface area contributed by atoms with Gasteiger partial charge in [-0.1, -0.05) is 25.7 Å². The highest BCUT2D eigenvalue weighted by molar-refractivity contribution is 5.66. The van der Waals surface area contributed by atoms with Crippen molar-refractivity contribution >= 4 is 5.97 Å². The summed E-state index contributed by atoms with van der Waals surface area (Å²) in [5, 5.41) is 8.60. The maximum absolute atomic E-state index is 10.5. The van der Waals surface area contributed by atoms with Crippen LogP contribution in [-0.2, 0) is 11.2 Å². The average molecular weight is 237 g/mol. The van der Waals surface area contributed by atoms with Crippen LogP contribution >= 0.6 is 0 Å². The number of carboxylic acids is 1. The van der Waals surface area contributed by atoms with E-state index in [2.05, 4.69) is 4.98 Å². The predicted molar refractivity (Wildman–Crippen MR) is 62.9 cm³/mol. The average Bonchev–Trinajstić information content (AvgIpc) is 2.60. The molecule has 0 atom stereocenters. The van der Waals surface area contributed by atoms with E-state index in [0.717, 1.165) is 5.76 Å². The molecular formula is C13H19NO3. The fourth-order valence-electron chi connectivity index (χ4n) is 2.41. The highest BCUT2D eigenvalue weighted by atomic mass is 16.4. The van der Waals surface area contributed by atoms with Crippen molar-refractivity contribution in [3.63, 3.8) is 0 Å². The number of hydrogen-bond donors (Lipinski definition) is 1. The van der Waals surface area contributed by atoms with Crippen molar-refractivity contribution in [2.45, 2.75) is 57.3 Å². The van der Waals surface area contributed by atoms with Crippen LogP contribution in [0.2, 0.25) is 0 Å². The lowest BCUT2D eigenvalue weighted by Crippen LogP contribution is -1.97. The summed E-state index contributed by atoms with van der Waals surface area (Å²) in [6.07, 6.45) is 9.76. The number of rotatable bonds is 4. The molecule has 0 aromatic carbocycles. The third-order valence-corrected chi connectivity index (χ3v) is 3.38. The van der Waals surface area contributed by atoms with E-state index < -0.39 is 5.97 Å². The van der Waals surface area contributed by atoms with Crippen LogP contribution in [0.5, 0.6) is 0 Å². The maximum Gasteiger partial charge on any atom is 0.303 e. The molecule has 0 aliphatic heterocycles. The van der Waals surface area contributed by atoms with Crippen molar-refractivity contribution in [1.82, 2.24) is 4.98 Å². The number of hydrogen-bond acceptors (Lipinski definition) is 3. The van der Waals surface area contributed by atoms with Gasteiger partial charge in [0.05, 0.1) is 12.6 Å². The summed E-state index contributed by atoms with van der Waals surface area (Å²) in [4.78, 5) is 14.6. The quantitative estimate of drug-likeness (QED) is 0.817. The fourth-order valence-corrected chi connectivity index (χ4v) is 2.41. The van der Waals surface area contributed by atoms with Crippen LogP contribution in [0.15, 0.2) is 10.6 Å². The lowest BCUT2D eigenvalue weighted by atomic mass is 9.98. The number of aromatic nitrogens is 1. The number of carbonyl (C=O) groups is 1. The van der Waals surface area contributed by atoms with E-state index in [1.165, 1.54) is 38.5 Å². The summed E-state index contributed by atoms with van der Waals surface area (Å²) in [5.74, 6) is 1.20. The molecule has 4 heteroatoms. The second-order valence-electron chi connectivity index (χ2n) is 4.74. The van der Waals surface area contributed by atoms with Crippen molar-refractivity contribution in [3.8, 4) is 0 Å². The Bertz CT molecular complexity index is 364. The molecule has 1 aliphatic rings. The molecule has 0 radical (unpaired) electrons. The second kappa shape index (κ2) is 5.84. The van der Waals surface area contributed by atoms with Gasteiger partial charge in [0.2, 0.25) is 0 Å². The molecule has 0 spiro atoms. The van der Waals surface area contributed by atoms with Gasteiger partial charge in [-0.15, -0.1) is 0 Å². The Morgan fingerprint density at radius 3 is 2.71 bits per heavy atom. The summed E-state index contributed by atoms with van der Waals surface area (Å²) >= 11 is 0. The zero-order valence-electron chi connectivity index (χ0n) is 10.0. The van der Waals surface area contributed by atoms with Crippen molar-refractivity contribution in [3.05, 3.63) is 17.8 Å². The first-order chi connectivity index (χ1) is 8.25. The summed E-state index contributed by atoms with van der Waals surface area (Å²) in [7, 11) is 0. The molecule has 0 unspecified atom stereocenters. The van der Waals surface area contributed by atoms with Crippen LogP contribution in [0, 0.1) is 0 Å². The molecule has 1 saturated carbocycles. The number of aliphatic carboxylic acids is 1. The van der Waals surface area contributed by atoms with E-state index in [1.54, 1.807) is 6.20 Å². The van der Waals surface area contributed by atoms with E-state index in [0.29, 0.717) is 18.2 Å². The SMILES string of the molecule is O=C(O)CCc1ncc(C2CCCCCC2)o1. The van der Waals surface area contributed by atoms with Crippen LogP contribution in [-0.4, -0.2) is 16.1 Å². The van der Waals surface area contributed by atoms with E-state index >= 15 is 0 Å². The van der Waals surface area contributed by atoms with Crippen LogP contribution in [0.4, 0.5) is 0 Å². The first kappa shape index (κ1) is 12.1. The van der Waals surface area contributed by atoms with Crippen LogP contribution in [0.3, 0.4) is 0 Å². The number of carboxylic acid groups (broad SMARTS) is 1. The summed E-state index contributed by atoms with van der Waals surface area (Å²) in [6, 6.07) is 0. The molecule has 0 saturated heterocycles. The van der Waals surface area contributed by atoms with Crippen molar-refractivity contribution in [2.75, 3.05) is 0 Å². The van der Waals surface area contributed by atoms with E-state index in [9.17, 15) is 4.79 Å². The summed E-state index contributed by atoms with van der Waals surface area (Å²) < 4.78 is 5.65. The lowest BCUT2D eigenvalue weighted by Gasteiger charge is -2.09. The van der Waals surface area contributed by atoms with Crippen LogP contribution in [0.1, 0.15) is 62.5 Å². The Morgan fingerprint density at radius 1 is 1.35 bits per heavy atom. The molecule has 1 N–H and O–H groups in total. The molecule has 2 rings (SSSR count). The Morgan fingerprint density at radius 2 is 2.06 bits per heavy atom. The topological polar surface area (TPSA) is 63.3 Å². The highest BCUT2D eigenvalue weighted by Gasteiger charge is 2.18. The van der Waals surface area contributed by atoms with Gasteiger partial charge in [-0.2, -0.15) is 0 Å². The monoisotopic (exact) mass is 237 g/mol. The molecule has 0 amide bonds. The van der Waals surface area contributed by atoms with Crippen molar-refractivity contribution in [1.29, 1.82) is 0 Å². The third kappa shape index (κ3) is 3.58. The Hall–Kier alpha value is -1.32. The molecule has 94 valence electrons. The molecule has 1 aliphatic carbocycles. The Labute approximate surface area is 101 Å². The molecule has 0 bridgehead atoms. The second-order valence-corrected chi connectivity index (χ2v) is 4.74. The highest BCUT2D eigenvalue weighted by Crippen LogP contribution is 2.31. The molecule has 17 heavy (non-hydrogen) atoms. The minimum absolute atomic E-state index is 0.0879. The number of oxazole rings is 1. The standard InChI is InChI=1S/C13H19NO3/c15-13(16)8-7-12-14-9-11(17-12)10-5-3-1-2-4-6-10/h9-10H,1-8H2,(H,15,16). The largest absolute Gasteiger partial charge is 0.481 e. The molecular weight excluding hydrogens is 218 g/mol. The molecule has 1 fully saturated rings. The zero-order chi connectivity index (χ0) is 12.1. The Kier molecular flexibility index (Phi) is 4.18. The van der Waals surface area contributed by atoms with Crippen LogP contribution in [0.25, 0.3) is 0 Å².